The summed E-state index contributed by atoms with van der Waals surface area (Å²) in [6.07, 6.45) is 11.6. The summed E-state index contributed by atoms with van der Waals surface area (Å²) in [6.45, 7) is 56.1. The van der Waals surface area contributed by atoms with Crippen LogP contribution in [0.5, 0.6) is 0 Å². The van der Waals surface area contributed by atoms with Gasteiger partial charge < -0.3 is 14.7 Å². The van der Waals surface area contributed by atoms with Crippen LogP contribution in [0.4, 0.5) is 45.5 Å². The maximum Gasteiger partial charge on any atom is 0.264 e. The van der Waals surface area contributed by atoms with E-state index in [1.165, 1.54) is 127 Å². The summed E-state index contributed by atoms with van der Waals surface area (Å²) in [5.41, 5.74) is 30.2. The predicted molar refractivity (Wildman–Crippen MR) is 398 cm³/mol. The van der Waals surface area contributed by atoms with Gasteiger partial charge in [-0.05, 0) is 240 Å². The Bertz CT molecular complexity index is 4450. The summed E-state index contributed by atoms with van der Waals surface area (Å²) in [5.74, 6) is 0. The fourth-order valence-electron chi connectivity index (χ4n) is 17.3. The molecule has 1 aromatic heterocycles. The Morgan fingerprint density at radius 1 is 0.505 bits per heavy atom. The highest BCUT2D eigenvalue weighted by atomic mass is 32.1. The first-order chi connectivity index (χ1) is 42.4. The number of anilines is 8. The smallest absolute Gasteiger partial charge is 0.264 e. The molecule has 4 aliphatic carbocycles. The van der Waals surface area contributed by atoms with Crippen LogP contribution in [0, 0.1) is 10.8 Å². The number of benzene rings is 7. The van der Waals surface area contributed by atoms with Crippen molar-refractivity contribution in [2.45, 2.75) is 222 Å². The minimum absolute atomic E-state index is 0.00516. The lowest BCUT2D eigenvalue weighted by molar-refractivity contribution is 0.267. The van der Waals surface area contributed by atoms with E-state index >= 15 is 0 Å². The fraction of sp³-hybridized carbons (Fsp3) is 0.419. The molecule has 0 spiro atoms. The normalized spacial score (nSPS) is 20.1. The third kappa shape index (κ3) is 9.50. The van der Waals surface area contributed by atoms with Crippen molar-refractivity contribution in [2.24, 2.45) is 10.8 Å². The minimum Gasteiger partial charge on any atom is -0.311 e. The number of rotatable bonds is 7. The second kappa shape index (κ2) is 20.1. The van der Waals surface area contributed by atoms with Crippen molar-refractivity contribution in [3.05, 3.63) is 207 Å². The molecule has 0 saturated carbocycles. The summed E-state index contributed by atoms with van der Waals surface area (Å²) in [6, 6.07) is 51.7. The number of nitrogens with zero attached hydrogens (tertiary/aromatic N) is 3. The van der Waals surface area contributed by atoms with Crippen molar-refractivity contribution < 1.29 is 0 Å². The molecule has 0 atom stereocenters. The SMILES string of the molecule is C=C/C(=C\C1=C(C)C(C)(C)CCC1(C)C)N1c2cc(N(c3ccc(C(C)(C)C)cc3)c3ccc4c(c3)C(C)(C)c3ccccc3-4)cc3c2B(c2cc4c(cc2N3c2ccc3c(c2)C(C)(C)CCC3(C)C)C(C)(C)CCC4(C)C)c2sc3ccc(C(C)(C)C)cc3c21. The second-order valence-corrected chi connectivity index (χ2v) is 36.2. The molecule has 5 heteroatoms. The lowest BCUT2D eigenvalue weighted by Gasteiger charge is -2.48. The number of allylic oxidation sites excluding steroid dienone is 4. The summed E-state index contributed by atoms with van der Waals surface area (Å²) in [4.78, 5) is 8.09. The average molecular weight is 1220 g/mol. The summed E-state index contributed by atoms with van der Waals surface area (Å²) < 4.78 is 2.72. The maximum atomic E-state index is 4.89. The Morgan fingerprint density at radius 2 is 1.07 bits per heavy atom. The molecule has 8 aromatic rings. The Morgan fingerprint density at radius 3 is 1.71 bits per heavy atom. The highest BCUT2D eigenvalue weighted by Crippen LogP contribution is 2.58. The van der Waals surface area contributed by atoms with Gasteiger partial charge in [-0.25, -0.2) is 0 Å². The molecule has 7 aromatic carbocycles. The van der Waals surface area contributed by atoms with Crippen LogP contribution in [0.3, 0.4) is 0 Å². The van der Waals surface area contributed by atoms with Gasteiger partial charge in [0, 0.05) is 60.1 Å². The van der Waals surface area contributed by atoms with E-state index in [4.69, 9.17) is 6.58 Å². The first-order valence-electron chi connectivity index (χ1n) is 34.4. The van der Waals surface area contributed by atoms with Gasteiger partial charge in [0.2, 0.25) is 0 Å². The molecule has 0 saturated heterocycles. The number of hydrogen-bond acceptors (Lipinski definition) is 4. The van der Waals surface area contributed by atoms with Crippen molar-refractivity contribution in [1.29, 1.82) is 0 Å². The summed E-state index contributed by atoms with van der Waals surface area (Å²) >= 11 is 2.02. The van der Waals surface area contributed by atoms with Crippen molar-refractivity contribution in [2.75, 3.05) is 14.7 Å². The number of thiophene rings is 1. The van der Waals surface area contributed by atoms with E-state index < -0.39 is 0 Å². The van der Waals surface area contributed by atoms with E-state index in [-0.39, 0.29) is 55.4 Å². The van der Waals surface area contributed by atoms with Crippen LogP contribution in [0.15, 0.2) is 163 Å². The van der Waals surface area contributed by atoms with Crippen LogP contribution in [0.1, 0.15) is 228 Å². The zero-order chi connectivity index (χ0) is 65.0. The van der Waals surface area contributed by atoms with E-state index in [0.29, 0.717) is 0 Å². The van der Waals surface area contributed by atoms with Gasteiger partial charge in [-0.15, -0.1) is 11.3 Å². The first-order valence-corrected chi connectivity index (χ1v) is 35.2. The van der Waals surface area contributed by atoms with Gasteiger partial charge >= 0.3 is 0 Å². The Hall–Kier alpha value is -6.82. The molecule has 14 rings (SSSR count). The van der Waals surface area contributed by atoms with E-state index in [9.17, 15) is 0 Å². The summed E-state index contributed by atoms with van der Waals surface area (Å²) in [5, 5.41) is 1.31. The van der Waals surface area contributed by atoms with Crippen LogP contribution in [-0.4, -0.2) is 6.71 Å². The van der Waals surface area contributed by atoms with Crippen molar-refractivity contribution in [3.63, 3.8) is 0 Å². The van der Waals surface area contributed by atoms with Gasteiger partial charge in [0.05, 0.1) is 11.4 Å². The third-order valence-electron chi connectivity index (χ3n) is 23.9. The standard InChI is InChI=1S/C86H100BN3S/c1-23-55(45-65-52(2)80(9,10)38-39-82(65,13)14)90-73-49-59(88(56-31-28-53(29-32-56)78(3,4)5)57-33-35-61-60-26-24-25-27-63(60)86(21,22)66(61)46-57)48-72-75(73)87(77-76(90)62-44-54(79(6,7)8)30-37-74(62)91-77)70-50-68-69(85(19,20)43-42-84(68,17)18)51-71(70)89(72)58-34-36-64-67(47-58)83(15,16)41-40-81(64,11)12/h23-37,44-51H,1,38-43H2,2-22H3/b55-45+. The molecular formula is C86H100BN3S. The Kier molecular flexibility index (Phi) is 13.6. The van der Waals surface area contributed by atoms with Gasteiger partial charge in [0.25, 0.3) is 6.71 Å². The zero-order valence-corrected chi connectivity index (χ0v) is 59.9. The van der Waals surface area contributed by atoms with E-state index in [2.05, 4.69) is 300 Å². The molecule has 0 amide bonds. The van der Waals surface area contributed by atoms with Crippen molar-refractivity contribution in [3.8, 4) is 11.1 Å². The monoisotopic (exact) mass is 1220 g/mol. The third-order valence-corrected chi connectivity index (χ3v) is 25.2. The predicted octanol–water partition coefficient (Wildman–Crippen LogP) is 23.0. The number of hydrogen-bond donors (Lipinski definition) is 0. The van der Waals surface area contributed by atoms with Crippen LogP contribution in [0.2, 0.25) is 0 Å². The Balaban J connectivity index is 1.16. The largest absolute Gasteiger partial charge is 0.311 e. The quantitative estimate of drug-likeness (QED) is 0.116. The van der Waals surface area contributed by atoms with Gasteiger partial charge in [-0.2, -0.15) is 0 Å². The maximum absolute atomic E-state index is 4.89. The first kappa shape index (κ1) is 61.7. The van der Waals surface area contributed by atoms with Gasteiger partial charge in [0.1, 0.15) is 0 Å². The average Bonchev–Trinajstić information content (AvgIpc) is 1.66. The molecule has 0 fully saturated rings. The zero-order valence-electron chi connectivity index (χ0n) is 59.1. The molecule has 91 heavy (non-hydrogen) atoms. The van der Waals surface area contributed by atoms with Crippen LogP contribution in [0.25, 0.3) is 21.2 Å². The highest BCUT2D eigenvalue weighted by molar-refractivity contribution is 7.33. The van der Waals surface area contributed by atoms with Crippen molar-refractivity contribution >= 4 is 89.3 Å². The lowest BCUT2D eigenvalue weighted by atomic mass is 9.35. The van der Waals surface area contributed by atoms with Gasteiger partial charge in [-0.3, -0.25) is 0 Å². The van der Waals surface area contributed by atoms with Gasteiger partial charge in [-0.1, -0.05) is 211 Å². The molecule has 6 aliphatic rings. The van der Waals surface area contributed by atoms with Gasteiger partial charge in [0.15, 0.2) is 0 Å². The highest BCUT2D eigenvalue weighted by Gasteiger charge is 2.50. The number of fused-ring (bicyclic) bond motifs is 11. The topological polar surface area (TPSA) is 9.72 Å². The molecular weight excluding hydrogens is 1120 g/mol. The van der Waals surface area contributed by atoms with E-state index in [0.717, 1.165) is 54.9 Å². The molecule has 0 bridgehead atoms. The fourth-order valence-corrected chi connectivity index (χ4v) is 18.6. The van der Waals surface area contributed by atoms with E-state index in [1.807, 2.05) is 11.3 Å². The molecule has 0 radical (unpaired) electrons. The summed E-state index contributed by atoms with van der Waals surface area (Å²) in [7, 11) is 0. The minimum atomic E-state index is -0.202. The molecule has 3 heterocycles. The molecule has 468 valence electrons. The molecule has 0 N–H and O–H groups in total. The second-order valence-electron chi connectivity index (χ2n) is 35.1. The van der Waals surface area contributed by atoms with Crippen LogP contribution >= 0.6 is 11.3 Å². The van der Waals surface area contributed by atoms with E-state index in [1.54, 1.807) is 0 Å². The lowest BCUT2D eigenvalue weighted by Crippen LogP contribution is -2.61. The molecule has 0 unspecified atom stereocenters. The van der Waals surface area contributed by atoms with Crippen molar-refractivity contribution in [1.82, 2.24) is 0 Å². The molecule has 3 nitrogen and oxygen atoms in total. The Labute approximate surface area is 551 Å². The molecule has 2 aliphatic heterocycles. The van der Waals surface area contributed by atoms with Crippen LogP contribution < -0.4 is 30.4 Å². The van der Waals surface area contributed by atoms with Crippen LogP contribution in [-0.2, 0) is 37.9 Å².